The zero-order valence-corrected chi connectivity index (χ0v) is 14.6. The van der Waals surface area contributed by atoms with Gasteiger partial charge in [0.05, 0.1) is 0 Å². The Balaban J connectivity index is 0.00000361. The first kappa shape index (κ1) is 18.9. The fraction of sp³-hybridized carbons (Fsp3) is 0.615. The number of nitrogens with one attached hydrogen (secondary N) is 2. The van der Waals surface area contributed by atoms with Crippen molar-refractivity contribution in [3.8, 4) is 0 Å². The molecule has 0 bridgehead atoms. The summed E-state index contributed by atoms with van der Waals surface area (Å²) < 4.78 is 2.05. The van der Waals surface area contributed by atoms with E-state index >= 15 is 0 Å². The Bertz CT molecular complexity index is 401. The lowest BCUT2D eigenvalue weighted by Gasteiger charge is -2.12. The van der Waals surface area contributed by atoms with Gasteiger partial charge in [0.1, 0.15) is 12.2 Å². The van der Waals surface area contributed by atoms with Crippen molar-refractivity contribution in [1.29, 1.82) is 0 Å². The molecule has 0 aliphatic rings. The molecule has 1 aromatic rings. The normalized spacial score (nSPS) is 10.8. The first-order valence-corrected chi connectivity index (χ1v) is 6.81. The van der Waals surface area contributed by atoms with E-state index in [1.807, 2.05) is 6.08 Å². The molecule has 0 fully saturated rings. The summed E-state index contributed by atoms with van der Waals surface area (Å²) in [5.74, 6) is 1.83. The van der Waals surface area contributed by atoms with Crippen molar-refractivity contribution in [3.05, 3.63) is 24.8 Å². The lowest BCUT2D eigenvalue weighted by molar-refractivity contribution is 0.633. The minimum atomic E-state index is 0. The van der Waals surface area contributed by atoms with Gasteiger partial charge in [0.15, 0.2) is 5.96 Å². The van der Waals surface area contributed by atoms with Gasteiger partial charge in [-0.25, -0.2) is 0 Å². The van der Waals surface area contributed by atoms with Crippen LogP contribution >= 0.6 is 24.0 Å². The van der Waals surface area contributed by atoms with Crippen LogP contribution in [0.4, 0.5) is 0 Å². The van der Waals surface area contributed by atoms with E-state index in [-0.39, 0.29) is 24.0 Å². The summed E-state index contributed by atoms with van der Waals surface area (Å²) in [5.41, 5.74) is 0. The molecule has 0 atom stereocenters. The molecule has 7 heteroatoms. The lowest BCUT2D eigenvalue weighted by Crippen LogP contribution is -2.39. The number of rotatable bonds is 8. The first-order valence-electron chi connectivity index (χ1n) is 6.81. The highest BCUT2D eigenvalue weighted by molar-refractivity contribution is 14.0. The predicted octanol–water partition coefficient (Wildman–Crippen LogP) is 1.59. The van der Waals surface area contributed by atoms with Crippen LogP contribution in [-0.2, 0) is 13.0 Å². The van der Waals surface area contributed by atoms with E-state index in [9.17, 15) is 0 Å². The van der Waals surface area contributed by atoms with Crippen LogP contribution in [0.25, 0.3) is 0 Å². The lowest BCUT2D eigenvalue weighted by atomic mass is 10.4. The smallest absolute Gasteiger partial charge is 0.191 e. The molecule has 0 aliphatic carbocycles. The van der Waals surface area contributed by atoms with Crippen molar-refractivity contribution in [3.63, 3.8) is 0 Å². The quantitative estimate of drug-likeness (QED) is 0.305. The van der Waals surface area contributed by atoms with Gasteiger partial charge in [0, 0.05) is 32.6 Å². The van der Waals surface area contributed by atoms with Gasteiger partial charge in [-0.05, 0) is 6.42 Å². The van der Waals surface area contributed by atoms with Crippen molar-refractivity contribution in [2.45, 2.75) is 33.2 Å². The highest BCUT2D eigenvalue weighted by Crippen LogP contribution is 1.94. The average molecular weight is 392 g/mol. The summed E-state index contributed by atoms with van der Waals surface area (Å²) in [6.45, 7) is 11.0. The van der Waals surface area contributed by atoms with Crippen LogP contribution < -0.4 is 10.6 Å². The van der Waals surface area contributed by atoms with Crippen molar-refractivity contribution in [2.75, 3.05) is 19.6 Å². The second-order valence-electron chi connectivity index (χ2n) is 4.12. The van der Waals surface area contributed by atoms with Crippen LogP contribution in [0, 0.1) is 0 Å². The van der Waals surface area contributed by atoms with E-state index in [0.717, 1.165) is 44.3 Å². The summed E-state index contributed by atoms with van der Waals surface area (Å²) in [4.78, 5) is 4.45. The third-order valence-electron chi connectivity index (χ3n) is 2.56. The summed E-state index contributed by atoms with van der Waals surface area (Å²) >= 11 is 0. The third-order valence-corrected chi connectivity index (χ3v) is 2.56. The van der Waals surface area contributed by atoms with Crippen LogP contribution in [-0.4, -0.2) is 40.4 Å². The van der Waals surface area contributed by atoms with Crippen LogP contribution in [0.3, 0.4) is 0 Å². The van der Waals surface area contributed by atoms with E-state index in [1.54, 1.807) is 6.33 Å². The molecule has 0 spiro atoms. The van der Waals surface area contributed by atoms with Crippen LogP contribution in [0.2, 0.25) is 0 Å². The van der Waals surface area contributed by atoms with Gasteiger partial charge in [0.25, 0.3) is 0 Å². The molecule has 6 nitrogen and oxygen atoms in total. The molecule has 0 aromatic carbocycles. The van der Waals surface area contributed by atoms with E-state index < -0.39 is 0 Å². The Hall–Kier alpha value is -1.12. The Morgan fingerprint density at radius 3 is 2.90 bits per heavy atom. The van der Waals surface area contributed by atoms with Crippen molar-refractivity contribution in [1.82, 2.24) is 25.4 Å². The Labute approximate surface area is 138 Å². The first-order chi connectivity index (χ1) is 9.31. The highest BCUT2D eigenvalue weighted by Gasteiger charge is 2.01. The maximum absolute atomic E-state index is 4.45. The summed E-state index contributed by atoms with van der Waals surface area (Å²) in [7, 11) is 0. The molecular weight excluding hydrogens is 367 g/mol. The number of aromatic nitrogens is 3. The van der Waals surface area contributed by atoms with Gasteiger partial charge in [-0.15, -0.1) is 40.8 Å². The molecule has 1 rings (SSSR count). The zero-order valence-electron chi connectivity index (χ0n) is 12.3. The molecule has 0 aliphatic heterocycles. The molecule has 1 aromatic heterocycles. The SMILES string of the molecule is C=CCNC(=NCCC)NCCn1cnnc1CC.I. The van der Waals surface area contributed by atoms with Gasteiger partial charge < -0.3 is 15.2 Å². The Morgan fingerprint density at radius 2 is 2.25 bits per heavy atom. The fourth-order valence-electron chi connectivity index (χ4n) is 1.60. The second kappa shape index (κ2) is 11.7. The molecular formula is C13H25IN6. The average Bonchev–Trinajstić information content (AvgIpc) is 2.88. The van der Waals surface area contributed by atoms with E-state index in [2.05, 4.69) is 50.8 Å². The van der Waals surface area contributed by atoms with Crippen LogP contribution in [0.5, 0.6) is 0 Å². The standard InChI is InChI=1S/C13H24N6.HI/c1-4-7-14-13(15-8-5-2)16-9-10-19-11-17-18-12(19)6-3;/h4,11H,1,5-10H2,2-3H3,(H2,14,15,16);1H. The van der Waals surface area contributed by atoms with E-state index in [1.165, 1.54) is 0 Å². The van der Waals surface area contributed by atoms with Crippen LogP contribution in [0.15, 0.2) is 24.0 Å². The van der Waals surface area contributed by atoms with Gasteiger partial charge in [-0.3, -0.25) is 4.99 Å². The monoisotopic (exact) mass is 392 g/mol. The molecule has 2 N–H and O–H groups in total. The fourth-order valence-corrected chi connectivity index (χ4v) is 1.60. The molecule has 1 heterocycles. The van der Waals surface area contributed by atoms with E-state index in [4.69, 9.17) is 0 Å². The van der Waals surface area contributed by atoms with Crippen molar-refractivity contribution < 1.29 is 0 Å². The van der Waals surface area contributed by atoms with Gasteiger partial charge in [-0.1, -0.05) is 19.9 Å². The zero-order chi connectivity index (χ0) is 13.9. The predicted molar refractivity (Wildman–Crippen MR) is 93.6 cm³/mol. The molecule has 0 saturated carbocycles. The van der Waals surface area contributed by atoms with Gasteiger partial charge >= 0.3 is 0 Å². The summed E-state index contributed by atoms with van der Waals surface area (Å²) in [6, 6.07) is 0. The minimum absolute atomic E-state index is 0. The molecule has 114 valence electrons. The van der Waals surface area contributed by atoms with Gasteiger partial charge in [-0.2, -0.15) is 0 Å². The molecule has 0 amide bonds. The van der Waals surface area contributed by atoms with E-state index in [0.29, 0.717) is 6.54 Å². The van der Waals surface area contributed by atoms with Crippen molar-refractivity contribution >= 4 is 29.9 Å². The Kier molecular flexibility index (Phi) is 11.0. The Morgan fingerprint density at radius 1 is 1.45 bits per heavy atom. The maximum Gasteiger partial charge on any atom is 0.191 e. The molecule has 20 heavy (non-hydrogen) atoms. The topological polar surface area (TPSA) is 67.1 Å². The molecule has 0 unspecified atom stereocenters. The number of aliphatic imine (C=N–C) groups is 1. The number of nitrogens with zero attached hydrogens (tertiary/aromatic N) is 4. The number of guanidine groups is 1. The highest BCUT2D eigenvalue weighted by atomic mass is 127. The minimum Gasteiger partial charge on any atom is -0.355 e. The van der Waals surface area contributed by atoms with Gasteiger partial charge in [0.2, 0.25) is 0 Å². The largest absolute Gasteiger partial charge is 0.355 e. The second-order valence-corrected chi connectivity index (χ2v) is 4.12. The summed E-state index contributed by atoms with van der Waals surface area (Å²) in [6.07, 6.45) is 5.51. The van der Waals surface area contributed by atoms with Crippen LogP contribution in [0.1, 0.15) is 26.1 Å². The van der Waals surface area contributed by atoms with Crippen molar-refractivity contribution in [2.24, 2.45) is 4.99 Å². The molecule has 0 radical (unpaired) electrons. The molecule has 0 saturated heterocycles. The maximum atomic E-state index is 4.45. The number of aryl methyl sites for hydroxylation is 1. The summed E-state index contributed by atoms with van der Waals surface area (Å²) in [5, 5.41) is 14.5. The third kappa shape index (κ3) is 6.88. The number of hydrogen-bond donors (Lipinski definition) is 2. The number of halogens is 1. The number of hydrogen-bond acceptors (Lipinski definition) is 3.